The number of thioether (sulfide) groups is 1. The Morgan fingerprint density at radius 2 is 2.25 bits per heavy atom. The number of rotatable bonds is 4. The molecule has 1 saturated carbocycles. The van der Waals surface area contributed by atoms with Gasteiger partial charge in [0.25, 0.3) is 0 Å². The Morgan fingerprint density at radius 3 is 2.85 bits per heavy atom. The van der Waals surface area contributed by atoms with Gasteiger partial charge in [0.1, 0.15) is 0 Å². The zero-order chi connectivity index (χ0) is 13.8. The van der Waals surface area contributed by atoms with Gasteiger partial charge in [-0.25, -0.2) is 0 Å². The molecule has 0 spiro atoms. The molecule has 112 valence electrons. The van der Waals surface area contributed by atoms with Gasteiger partial charge in [0.15, 0.2) is 0 Å². The van der Waals surface area contributed by atoms with E-state index < -0.39 is 0 Å². The molecule has 0 radical (unpaired) electrons. The minimum Gasteiger partial charge on any atom is -0.328 e. The number of hydrogen-bond acceptors (Lipinski definition) is 3. The largest absolute Gasteiger partial charge is 0.328 e. The first kappa shape index (κ1) is 17.6. The topological polar surface area (TPSA) is 55.1 Å². The Bertz CT molecular complexity index is 470. The van der Waals surface area contributed by atoms with E-state index in [4.69, 9.17) is 17.3 Å². The van der Waals surface area contributed by atoms with E-state index in [2.05, 4.69) is 12.2 Å². The highest BCUT2D eigenvalue weighted by atomic mass is 35.5. The standard InChI is InChI=1S/C14H19ClN2OS.ClH/c1-2-19-13-6-4-10(15)8-12(13)17-14(18)9-3-5-11(16)7-9;/h4,6,8-9,11H,2-3,5,7,16H2,1H3,(H,17,18);1H. The SMILES string of the molecule is CCSc1ccc(Cl)cc1NC(=O)C1CCC(N)C1.Cl. The minimum atomic E-state index is 0. The number of carbonyl (C=O) groups excluding carboxylic acids is 1. The Balaban J connectivity index is 0.00000200. The van der Waals surface area contributed by atoms with Crippen LogP contribution in [0.15, 0.2) is 23.1 Å². The fourth-order valence-corrected chi connectivity index (χ4v) is 3.28. The maximum atomic E-state index is 12.2. The zero-order valence-electron chi connectivity index (χ0n) is 11.4. The molecule has 0 bridgehead atoms. The number of nitrogens with one attached hydrogen (secondary N) is 1. The highest BCUT2D eigenvalue weighted by molar-refractivity contribution is 7.99. The van der Waals surface area contributed by atoms with Crippen LogP contribution in [-0.2, 0) is 4.79 Å². The predicted octanol–water partition coefficient (Wildman–Crippen LogP) is 3.94. The molecular weight excluding hydrogens is 315 g/mol. The van der Waals surface area contributed by atoms with Crippen molar-refractivity contribution in [1.82, 2.24) is 0 Å². The molecule has 1 fully saturated rings. The van der Waals surface area contributed by atoms with Gasteiger partial charge in [0.2, 0.25) is 5.91 Å². The van der Waals surface area contributed by atoms with Crippen LogP contribution in [-0.4, -0.2) is 17.7 Å². The van der Waals surface area contributed by atoms with E-state index >= 15 is 0 Å². The van der Waals surface area contributed by atoms with Crippen LogP contribution in [0.1, 0.15) is 26.2 Å². The lowest BCUT2D eigenvalue weighted by atomic mass is 10.1. The second-order valence-corrected chi connectivity index (χ2v) is 6.58. The van der Waals surface area contributed by atoms with Gasteiger partial charge in [-0.3, -0.25) is 4.79 Å². The van der Waals surface area contributed by atoms with E-state index in [1.165, 1.54) is 0 Å². The molecule has 1 aromatic carbocycles. The van der Waals surface area contributed by atoms with E-state index in [-0.39, 0.29) is 30.3 Å². The summed E-state index contributed by atoms with van der Waals surface area (Å²) in [7, 11) is 0. The van der Waals surface area contributed by atoms with Crippen molar-refractivity contribution in [2.75, 3.05) is 11.1 Å². The van der Waals surface area contributed by atoms with E-state index in [9.17, 15) is 4.79 Å². The summed E-state index contributed by atoms with van der Waals surface area (Å²) in [4.78, 5) is 13.3. The number of benzene rings is 1. The molecule has 1 amide bonds. The van der Waals surface area contributed by atoms with Crippen molar-refractivity contribution in [3.05, 3.63) is 23.2 Å². The second kappa shape index (κ2) is 8.13. The molecule has 0 saturated heterocycles. The average molecular weight is 335 g/mol. The normalized spacial score (nSPS) is 21.4. The van der Waals surface area contributed by atoms with Crippen LogP contribution in [0, 0.1) is 5.92 Å². The first-order chi connectivity index (χ1) is 9.10. The van der Waals surface area contributed by atoms with E-state index in [1.54, 1.807) is 11.8 Å². The first-order valence-corrected chi connectivity index (χ1v) is 7.95. The summed E-state index contributed by atoms with van der Waals surface area (Å²) in [6.45, 7) is 2.08. The maximum absolute atomic E-state index is 12.2. The van der Waals surface area contributed by atoms with Crippen molar-refractivity contribution in [1.29, 1.82) is 0 Å². The van der Waals surface area contributed by atoms with Gasteiger partial charge in [0, 0.05) is 21.9 Å². The van der Waals surface area contributed by atoms with Gasteiger partial charge in [0.05, 0.1) is 5.69 Å². The van der Waals surface area contributed by atoms with Crippen LogP contribution >= 0.6 is 35.8 Å². The highest BCUT2D eigenvalue weighted by Gasteiger charge is 2.28. The van der Waals surface area contributed by atoms with Crippen LogP contribution in [0.25, 0.3) is 0 Å². The molecule has 2 rings (SSSR count). The lowest BCUT2D eigenvalue weighted by Gasteiger charge is -2.14. The molecule has 1 aromatic rings. The average Bonchev–Trinajstić information content (AvgIpc) is 2.80. The Labute approximate surface area is 135 Å². The molecule has 2 atom stereocenters. The Hall–Kier alpha value is -0.420. The summed E-state index contributed by atoms with van der Waals surface area (Å²) in [6, 6.07) is 5.78. The van der Waals surface area contributed by atoms with Gasteiger partial charge in [-0.2, -0.15) is 0 Å². The molecule has 0 aliphatic heterocycles. The van der Waals surface area contributed by atoms with Gasteiger partial charge in [-0.15, -0.1) is 24.2 Å². The zero-order valence-corrected chi connectivity index (χ0v) is 13.8. The Morgan fingerprint density at radius 1 is 1.50 bits per heavy atom. The summed E-state index contributed by atoms with van der Waals surface area (Å²) in [6.07, 6.45) is 2.59. The molecule has 2 unspecified atom stereocenters. The number of amides is 1. The van der Waals surface area contributed by atoms with Crippen LogP contribution in [0.5, 0.6) is 0 Å². The maximum Gasteiger partial charge on any atom is 0.227 e. The summed E-state index contributed by atoms with van der Waals surface area (Å²) in [5.41, 5.74) is 6.66. The third-order valence-corrected chi connectivity index (χ3v) is 4.53. The molecule has 6 heteroatoms. The van der Waals surface area contributed by atoms with E-state index in [0.717, 1.165) is 35.6 Å². The van der Waals surface area contributed by atoms with Crippen molar-refractivity contribution in [3.63, 3.8) is 0 Å². The predicted molar refractivity (Wildman–Crippen MR) is 89.0 cm³/mol. The third kappa shape index (κ3) is 4.55. The molecule has 0 heterocycles. The summed E-state index contributed by atoms with van der Waals surface area (Å²) >= 11 is 7.70. The van der Waals surface area contributed by atoms with Crippen LogP contribution in [0.3, 0.4) is 0 Å². The number of carbonyl (C=O) groups is 1. The summed E-state index contributed by atoms with van der Waals surface area (Å²) in [5.74, 6) is 1.06. The van der Waals surface area contributed by atoms with Gasteiger partial charge >= 0.3 is 0 Å². The lowest BCUT2D eigenvalue weighted by Crippen LogP contribution is -2.23. The Kier molecular flexibility index (Phi) is 7.17. The summed E-state index contributed by atoms with van der Waals surface area (Å²) < 4.78 is 0. The molecule has 20 heavy (non-hydrogen) atoms. The molecule has 1 aliphatic carbocycles. The quantitative estimate of drug-likeness (QED) is 0.820. The van der Waals surface area contributed by atoms with Crippen molar-refractivity contribution in [2.45, 2.75) is 37.1 Å². The van der Waals surface area contributed by atoms with Crippen LogP contribution in [0.4, 0.5) is 5.69 Å². The molecule has 0 aromatic heterocycles. The van der Waals surface area contributed by atoms with E-state index in [0.29, 0.717) is 5.02 Å². The number of nitrogens with two attached hydrogens (primary N) is 1. The molecule has 3 N–H and O–H groups in total. The second-order valence-electron chi connectivity index (χ2n) is 4.83. The fourth-order valence-electron chi connectivity index (χ4n) is 2.37. The summed E-state index contributed by atoms with van der Waals surface area (Å²) in [5, 5.41) is 3.64. The third-order valence-electron chi connectivity index (χ3n) is 3.34. The van der Waals surface area contributed by atoms with Crippen LogP contribution < -0.4 is 11.1 Å². The van der Waals surface area contributed by atoms with Gasteiger partial charge < -0.3 is 11.1 Å². The number of halogens is 2. The smallest absolute Gasteiger partial charge is 0.227 e. The fraction of sp³-hybridized carbons (Fsp3) is 0.500. The molecule has 3 nitrogen and oxygen atoms in total. The highest BCUT2D eigenvalue weighted by Crippen LogP contribution is 2.32. The number of hydrogen-bond donors (Lipinski definition) is 2. The van der Waals surface area contributed by atoms with Crippen molar-refractivity contribution < 1.29 is 4.79 Å². The van der Waals surface area contributed by atoms with Crippen molar-refractivity contribution >= 4 is 47.4 Å². The molecule has 1 aliphatic rings. The van der Waals surface area contributed by atoms with Crippen LogP contribution in [0.2, 0.25) is 5.02 Å². The lowest BCUT2D eigenvalue weighted by molar-refractivity contribution is -0.119. The first-order valence-electron chi connectivity index (χ1n) is 6.59. The van der Waals surface area contributed by atoms with Gasteiger partial charge in [-0.1, -0.05) is 18.5 Å². The number of anilines is 1. The van der Waals surface area contributed by atoms with Crippen molar-refractivity contribution in [2.24, 2.45) is 11.7 Å². The molecular formula is C14H20Cl2N2OS. The van der Waals surface area contributed by atoms with Gasteiger partial charge in [-0.05, 0) is 43.2 Å². The van der Waals surface area contributed by atoms with Crippen molar-refractivity contribution in [3.8, 4) is 0 Å². The van der Waals surface area contributed by atoms with E-state index in [1.807, 2.05) is 18.2 Å². The minimum absolute atomic E-state index is 0. The monoisotopic (exact) mass is 334 g/mol.